The van der Waals surface area contributed by atoms with E-state index in [1.807, 2.05) is 24.3 Å². The summed E-state index contributed by atoms with van der Waals surface area (Å²) in [4.78, 5) is 11.8. The summed E-state index contributed by atoms with van der Waals surface area (Å²) in [5.74, 6) is -0.233. The zero-order valence-electron chi connectivity index (χ0n) is 11.7. The molecule has 0 bridgehead atoms. The molecule has 2 aromatic carbocycles. The highest BCUT2D eigenvalue weighted by molar-refractivity contribution is 9.10. The molecule has 0 aromatic heterocycles. The van der Waals surface area contributed by atoms with Gasteiger partial charge in [0.25, 0.3) is 0 Å². The van der Waals surface area contributed by atoms with Gasteiger partial charge in [-0.1, -0.05) is 28.1 Å². The van der Waals surface area contributed by atoms with Gasteiger partial charge >= 0.3 is 0 Å². The van der Waals surface area contributed by atoms with Crippen molar-refractivity contribution in [2.24, 2.45) is 5.10 Å². The molecule has 1 heterocycles. The van der Waals surface area contributed by atoms with Crippen molar-refractivity contribution in [3.05, 3.63) is 69.9 Å². The van der Waals surface area contributed by atoms with Gasteiger partial charge in [0, 0.05) is 22.5 Å². The van der Waals surface area contributed by atoms with Crippen LogP contribution in [0.25, 0.3) is 0 Å². The predicted molar refractivity (Wildman–Crippen MR) is 83.4 cm³/mol. The maximum absolute atomic E-state index is 13.1. The normalized spacial score (nSPS) is 17.1. The van der Waals surface area contributed by atoms with Crippen molar-refractivity contribution >= 4 is 27.7 Å². The van der Waals surface area contributed by atoms with E-state index in [1.165, 1.54) is 24.1 Å². The minimum absolute atomic E-state index is 0.249. The van der Waals surface area contributed by atoms with Crippen molar-refractivity contribution < 1.29 is 13.9 Å². The average Bonchev–Trinajstić information content (AvgIpc) is 2.94. The Hall–Kier alpha value is -2.21. The molecule has 1 atom stereocenters. The quantitative estimate of drug-likeness (QED) is 0.814. The second-order valence-corrected chi connectivity index (χ2v) is 5.71. The molecule has 0 saturated heterocycles. The molecule has 0 saturated carbocycles. The number of amides is 1. The molecule has 0 aliphatic carbocycles. The molecule has 4 nitrogen and oxygen atoms in total. The molecule has 112 valence electrons. The van der Waals surface area contributed by atoms with E-state index in [-0.39, 0.29) is 11.7 Å². The number of hydrogen-bond donors (Lipinski definition) is 0. The van der Waals surface area contributed by atoms with Gasteiger partial charge in [-0.3, -0.25) is 4.79 Å². The number of hydrazone groups is 1. The third-order valence-electron chi connectivity index (χ3n) is 3.21. The summed E-state index contributed by atoms with van der Waals surface area (Å²) >= 11 is 3.36. The third kappa shape index (κ3) is 2.87. The highest BCUT2D eigenvalue weighted by atomic mass is 79.9. The molecule has 0 fully saturated rings. The topological polar surface area (TPSA) is 41.9 Å². The monoisotopic (exact) mass is 362 g/mol. The van der Waals surface area contributed by atoms with Crippen molar-refractivity contribution in [3.63, 3.8) is 0 Å². The molecule has 0 radical (unpaired) electrons. The first-order valence-corrected chi connectivity index (χ1v) is 7.40. The lowest BCUT2D eigenvalue weighted by atomic mass is 10.2. The summed E-state index contributed by atoms with van der Waals surface area (Å²) in [6.45, 7) is 1.41. The fourth-order valence-corrected chi connectivity index (χ4v) is 2.38. The fourth-order valence-electron chi connectivity index (χ4n) is 2.12. The van der Waals surface area contributed by atoms with Crippen LogP contribution in [-0.2, 0) is 9.53 Å². The third-order valence-corrected chi connectivity index (χ3v) is 3.74. The van der Waals surface area contributed by atoms with E-state index in [1.54, 1.807) is 12.1 Å². The lowest BCUT2D eigenvalue weighted by molar-refractivity contribution is -0.135. The van der Waals surface area contributed by atoms with Crippen molar-refractivity contribution in [1.29, 1.82) is 0 Å². The molecule has 0 N–H and O–H groups in total. The molecule has 2 aromatic rings. The maximum atomic E-state index is 13.1. The standard InChI is InChI=1S/C16H12BrFN2O2/c1-10(21)20-16(12-4-8-14(18)9-5-12)22-15(19-20)11-2-6-13(17)7-3-11/h2-9,16H,1H3/t16-/m1/s1. The number of halogens is 2. The SMILES string of the molecule is CC(=O)N1N=C(c2ccc(Br)cc2)O[C@@H]1c1ccc(F)cc1. The first-order valence-electron chi connectivity index (χ1n) is 6.61. The van der Waals surface area contributed by atoms with Crippen LogP contribution in [0.4, 0.5) is 4.39 Å². The summed E-state index contributed by atoms with van der Waals surface area (Å²) in [6, 6.07) is 13.2. The predicted octanol–water partition coefficient (Wildman–Crippen LogP) is 3.83. The summed E-state index contributed by atoms with van der Waals surface area (Å²) in [5, 5.41) is 5.49. The van der Waals surface area contributed by atoms with Gasteiger partial charge in [-0.25, -0.2) is 4.39 Å². The van der Waals surface area contributed by atoms with E-state index in [0.717, 1.165) is 10.0 Å². The van der Waals surface area contributed by atoms with Crippen LogP contribution >= 0.6 is 15.9 Å². The number of carbonyl (C=O) groups is 1. The second kappa shape index (κ2) is 5.88. The molecule has 0 unspecified atom stereocenters. The van der Waals surface area contributed by atoms with Gasteiger partial charge in [0.2, 0.25) is 18.0 Å². The Labute approximate surface area is 135 Å². The van der Waals surface area contributed by atoms with Crippen molar-refractivity contribution in [2.45, 2.75) is 13.2 Å². The minimum atomic E-state index is -0.684. The van der Waals surface area contributed by atoms with E-state index in [2.05, 4.69) is 21.0 Å². The van der Waals surface area contributed by atoms with Crippen LogP contribution in [0.1, 0.15) is 24.3 Å². The molecule has 0 spiro atoms. The van der Waals surface area contributed by atoms with Crippen LogP contribution in [0.5, 0.6) is 0 Å². The Morgan fingerprint density at radius 3 is 2.41 bits per heavy atom. The largest absolute Gasteiger partial charge is 0.446 e. The zero-order valence-corrected chi connectivity index (χ0v) is 13.2. The average molecular weight is 363 g/mol. The number of ether oxygens (including phenoxy) is 1. The molecule has 3 rings (SSSR count). The van der Waals surface area contributed by atoms with Gasteiger partial charge in [0.15, 0.2) is 0 Å². The van der Waals surface area contributed by atoms with Crippen LogP contribution in [0.3, 0.4) is 0 Å². The summed E-state index contributed by atoms with van der Waals surface area (Å²) in [6.07, 6.45) is -0.684. The van der Waals surface area contributed by atoms with Crippen molar-refractivity contribution in [3.8, 4) is 0 Å². The van der Waals surface area contributed by atoms with Crippen molar-refractivity contribution in [2.75, 3.05) is 0 Å². The molecular formula is C16H12BrFN2O2. The second-order valence-electron chi connectivity index (χ2n) is 4.80. The Balaban J connectivity index is 1.92. The van der Waals surface area contributed by atoms with Gasteiger partial charge in [-0.15, -0.1) is 5.10 Å². The molecule has 1 amide bonds. The molecule has 22 heavy (non-hydrogen) atoms. The minimum Gasteiger partial charge on any atom is -0.446 e. The zero-order chi connectivity index (χ0) is 15.7. The van der Waals surface area contributed by atoms with Crippen LogP contribution < -0.4 is 0 Å². The van der Waals surface area contributed by atoms with Crippen molar-refractivity contribution in [1.82, 2.24) is 5.01 Å². The van der Waals surface area contributed by atoms with Gasteiger partial charge in [0.1, 0.15) is 5.82 Å². The Morgan fingerprint density at radius 2 is 1.82 bits per heavy atom. The van der Waals surface area contributed by atoms with Gasteiger partial charge < -0.3 is 4.74 Å². The van der Waals surface area contributed by atoms with Gasteiger partial charge in [0.05, 0.1) is 0 Å². The first kappa shape index (κ1) is 14.7. The van der Waals surface area contributed by atoms with Crippen LogP contribution in [-0.4, -0.2) is 16.8 Å². The first-order chi connectivity index (χ1) is 10.5. The van der Waals surface area contributed by atoms with Crippen LogP contribution in [0, 0.1) is 5.82 Å². The Morgan fingerprint density at radius 1 is 1.18 bits per heavy atom. The van der Waals surface area contributed by atoms with E-state index < -0.39 is 6.23 Å². The van der Waals surface area contributed by atoms with E-state index >= 15 is 0 Å². The highest BCUT2D eigenvalue weighted by Crippen LogP contribution is 2.30. The highest BCUT2D eigenvalue weighted by Gasteiger charge is 2.32. The summed E-state index contributed by atoms with van der Waals surface area (Å²) in [7, 11) is 0. The van der Waals surface area contributed by atoms with E-state index in [9.17, 15) is 9.18 Å². The molecule has 1 aliphatic heterocycles. The van der Waals surface area contributed by atoms with E-state index in [0.29, 0.717) is 11.5 Å². The van der Waals surface area contributed by atoms with Gasteiger partial charge in [-0.2, -0.15) is 5.01 Å². The molecular weight excluding hydrogens is 351 g/mol. The smallest absolute Gasteiger partial charge is 0.243 e. The number of carbonyl (C=O) groups excluding carboxylic acids is 1. The Bertz CT molecular complexity index is 729. The number of rotatable bonds is 2. The molecule has 1 aliphatic rings. The number of hydrogen-bond acceptors (Lipinski definition) is 3. The fraction of sp³-hybridized carbons (Fsp3) is 0.125. The number of benzene rings is 2. The Kier molecular flexibility index (Phi) is 3.94. The van der Waals surface area contributed by atoms with Gasteiger partial charge in [-0.05, 0) is 36.4 Å². The molecule has 6 heteroatoms. The number of nitrogens with zero attached hydrogens (tertiary/aromatic N) is 2. The van der Waals surface area contributed by atoms with Crippen LogP contribution in [0.15, 0.2) is 58.1 Å². The maximum Gasteiger partial charge on any atom is 0.243 e. The lowest BCUT2D eigenvalue weighted by Crippen LogP contribution is -2.25. The summed E-state index contributed by atoms with van der Waals surface area (Å²) in [5.41, 5.74) is 1.42. The van der Waals surface area contributed by atoms with Crippen LogP contribution in [0.2, 0.25) is 0 Å². The lowest BCUT2D eigenvalue weighted by Gasteiger charge is -2.19. The summed E-state index contributed by atoms with van der Waals surface area (Å²) < 4.78 is 19.8. The van der Waals surface area contributed by atoms with E-state index in [4.69, 9.17) is 4.74 Å².